The van der Waals surface area contributed by atoms with Gasteiger partial charge in [0.2, 0.25) is 0 Å². The number of nitrogens with one attached hydrogen (secondary N) is 1. The van der Waals surface area contributed by atoms with Gasteiger partial charge in [0, 0.05) is 18.1 Å². The lowest BCUT2D eigenvalue weighted by atomic mass is 10.4. The van der Waals surface area contributed by atoms with Gasteiger partial charge in [-0.25, -0.2) is 15.1 Å². The van der Waals surface area contributed by atoms with E-state index in [1.165, 1.54) is 11.3 Å². The quantitative estimate of drug-likeness (QED) is 0.648. The second-order valence-electron chi connectivity index (χ2n) is 3.68. The zero-order chi connectivity index (χ0) is 13.1. The molecule has 10 heteroatoms. The van der Waals surface area contributed by atoms with Crippen molar-refractivity contribution in [3.8, 4) is 0 Å². The molecule has 1 aromatic rings. The third-order valence-corrected chi connectivity index (χ3v) is 3.42. The molecule has 0 aromatic carbocycles. The molecular weight excluding hydrogens is 280 g/mol. The van der Waals surface area contributed by atoms with Gasteiger partial charge in [-0.15, -0.1) is 11.3 Å². The Kier molecular flexibility index (Phi) is 3.94. The summed E-state index contributed by atoms with van der Waals surface area (Å²) in [6.07, 6.45) is 1.66. The van der Waals surface area contributed by atoms with Gasteiger partial charge in [-0.2, -0.15) is 0 Å². The van der Waals surface area contributed by atoms with Crippen LogP contribution in [-0.2, 0) is 6.54 Å². The van der Waals surface area contributed by atoms with Crippen molar-refractivity contribution >= 4 is 28.9 Å². The lowest BCUT2D eigenvalue weighted by Gasteiger charge is -2.35. The number of hydrazone groups is 1. The highest BCUT2D eigenvalue weighted by atomic mass is 35.5. The number of thiazole rings is 1. The summed E-state index contributed by atoms with van der Waals surface area (Å²) in [6, 6.07) is 0. The minimum absolute atomic E-state index is 0.322. The smallest absolute Gasteiger partial charge is 0.276 e. The van der Waals surface area contributed by atoms with E-state index in [4.69, 9.17) is 11.6 Å². The van der Waals surface area contributed by atoms with E-state index in [2.05, 4.69) is 15.4 Å². The molecule has 98 valence electrons. The highest BCUT2D eigenvalue weighted by Crippen LogP contribution is 2.20. The molecule has 0 amide bonds. The van der Waals surface area contributed by atoms with Crippen molar-refractivity contribution in [1.82, 2.24) is 20.1 Å². The molecule has 1 saturated heterocycles. The Morgan fingerprint density at radius 3 is 3.11 bits per heavy atom. The standard InChI is InChI=1S/C8H11ClN6O2S/c1-13-4-10-5-14(8(13)12-15(16)17)3-6-2-11-7(9)18-6/h2,10H,3-5H2,1H3/b12-8+. The zero-order valence-corrected chi connectivity index (χ0v) is 11.1. The van der Waals surface area contributed by atoms with Crippen LogP contribution in [0.1, 0.15) is 4.88 Å². The monoisotopic (exact) mass is 290 g/mol. The van der Waals surface area contributed by atoms with Crippen molar-refractivity contribution in [2.75, 3.05) is 20.4 Å². The summed E-state index contributed by atoms with van der Waals surface area (Å²) in [5, 5.41) is 16.4. The van der Waals surface area contributed by atoms with Gasteiger partial charge in [0.15, 0.2) is 9.50 Å². The van der Waals surface area contributed by atoms with Gasteiger partial charge in [0.05, 0.1) is 19.9 Å². The van der Waals surface area contributed by atoms with E-state index in [9.17, 15) is 10.1 Å². The maximum absolute atomic E-state index is 10.5. The lowest BCUT2D eigenvalue weighted by Crippen LogP contribution is -2.55. The number of hydrogen-bond acceptors (Lipinski definition) is 5. The van der Waals surface area contributed by atoms with Crippen LogP contribution >= 0.6 is 22.9 Å². The first-order valence-electron chi connectivity index (χ1n) is 5.06. The van der Waals surface area contributed by atoms with E-state index < -0.39 is 5.03 Å². The molecule has 1 fully saturated rings. The summed E-state index contributed by atoms with van der Waals surface area (Å²) in [6.45, 7) is 1.49. The van der Waals surface area contributed by atoms with Gasteiger partial charge in [-0.3, -0.25) is 5.32 Å². The van der Waals surface area contributed by atoms with Crippen molar-refractivity contribution in [2.45, 2.75) is 6.54 Å². The normalized spacial score (nSPS) is 18.4. The second kappa shape index (κ2) is 5.46. The van der Waals surface area contributed by atoms with Gasteiger partial charge in [-0.1, -0.05) is 11.6 Å². The van der Waals surface area contributed by atoms with Crippen molar-refractivity contribution in [3.05, 3.63) is 25.7 Å². The molecule has 1 aliphatic heterocycles. The average Bonchev–Trinajstić information content (AvgIpc) is 2.69. The fourth-order valence-electron chi connectivity index (χ4n) is 1.62. The fraction of sp³-hybridized carbons (Fsp3) is 0.500. The fourth-order valence-corrected chi connectivity index (χ4v) is 2.61. The highest BCUT2D eigenvalue weighted by molar-refractivity contribution is 7.15. The number of nitrogens with zero attached hydrogens (tertiary/aromatic N) is 5. The molecule has 0 bridgehead atoms. The topological polar surface area (TPSA) is 86.9 Å². The number of rotatable bonds is 3. The van der Waals surface area contributed by atoms with Crippen molar-refractivity contribution in [3.63, 3.8) is 0 Å². The number of hydrogen-bond donors (Lipinski definition) is 1. The van der Waals surface area contributed by atoms with Crippen LogP contribution in [0.3, 0.4) is 0 Å². The van der Waals surface area contributed by atoms with Crippen LogP contribution in [0, 0.1) is 10.1 Å². The Hall–Kier alpha value is -1.45. The van der Waals surface area contributed by atoms with Crippen LogP contribution in [0.2, 0.25) is 4.47 Å². The first-order chi connectivity index (χ1) is 8.56. The van der Waals surface area contributed by atoms with Crippen LogP contribution in [0.5, 0.6) is 0 Å². The Labute approximate surface area is 112 Å². The SMILES string of the molecule is CN1CNCN(Cc2cnc(Cl)s2)/C1=N/[N+](=O)[O-]. The summed E-state index contributed by atoms with van der Waals surface area (Å²) < 4.78 is 0.455. The van der Waals surface area contributed by atoms with Crippen molar-refractivity contribution in [2.24, 2.45) is 5.10 Å². The molecule has 0 aliphatic carbocycles. The summed E-state index contributed by atoms with van der Waals surface area (Å²) >= 11 is 7.10. The van der Waals surface area contributed by atoms with E-state index in [1.807, 2.05) is 0 Å². The summed E-state index contributed by atoms with van der Waals surface area (Å²) in [7, 11) is 1.74. The highest BCUT2D eigenvalue weighted by Gasteiger charge is 2.24. The second-order valence-corrected chi connectivity index (χ2v) is 5.38. The average molecular weight is 291 g/mol. The third-order valence-electron chi connectivity index (χ3n) is 2.32. The predicted molar refractivity (Wildman–Crippen MR) is 67.7 cm³/mol. The molecule has 0 atom stereocenters. The lowest BCUT2D eigenvalue weighted by molar-refractivity contribution is -0.486. The Balaban J connectivity index is 2.15. The summed E-state index contributed by atoms with van der Waals surface area (Å²) in [5.74, 6) is 0.322. The van der Waals surface area contributed by atoms with E-state index in [0.717, 1.165) is 4.88 Å². The number of aromatic nitrogens is 1. The van der Waals surface area contributed by atoms with Gasteiger partial charge in [-0.05, 0) is 0 Å². The number of nitro groups is 1. The van der Waals surface area contributed by atoms with Gasteiger partial charge >= 0.3 is 0 Å². The Bertz CT molecular complexity index is 478. The molecule has 2 rings (SSSR count). The summed E-state index contributed by atoms with van der Waals surface area (Å²) in [4.78, 5) is 18.8. The van der Waals surface area contributed by atoms with E-state index in [-0.39, 0.29) is 0 Å². The van der Waals surface area contributed by atoms with Gasteiger partial charge in [0.25, 0.3) is 5.96 Å². The van der Waals surface area contributed by atoms with Crippen molar-refractivity contribution < 1.29 is 5.03 Å². The molecule has 0 unspecified atom stereocenters. The maximum Gasteiger partial charge on any atom is 0.276 e. The largest absolute Gasteiger partial charge is 0.328 e. The van der Waals surface area contributed by atoms with Crippen LogP contribution in [0.15, 0.2) is 11.3 Å². The molecule has 0 saturated carbocycles. The summed E-state index contributed by atoms with van der Waals surface area (Å²) in [5.41, 5.74) is 0. The molecule has 8 nitrogen and oxygen atoms in total. The molecule has 18 heavy (non-hydrogen) atoms. The minimum atomic E-state index is -0.691. The van der Waals surface area contributed by atoms with E-state index >= 15 is 0 Å². The Morgan fingerprint density at radius 2 is 2.50 bits per heavy atom. The van der Waals surface area contributed by atoms with Crippen LogP contribution in [0.25, 0.3) is 0 Å². The first kappa shape index (κ1) is 13.0. The Morgan fingerprint density at radius 1 is 1.72 bits per heavy atom. The number of guanidine groups is 1. The minimum Gasteiger partial charge on any atom is -0.328 e. The van der Waals surface area contributed by atoms with Crippen molar-refractivity contribution in [1.29, 1.82) is 0 Å². The van der Waals surface area contributed by atoms with E-state index in [1.54, 1.807) is 23.0 Å². The first-order valence-corrected chi connectivity index (χ1v) is 6.25. The third kappa shape index (κ3) is 3.06. The van der Waals surface area contributed by atoms with Crippen LogP contribution in [0.4, 0.5) is 0 Å². The van der Waals surface area contributed by atoms with Gasteiger partial charge < -0.3 is 9.80 Å². The van der Waals surface area contributed by atoms with Gasteiger partial charge in [0.1, 0.15) is 5.10 Å². The molecule has 2 heterocycles. The molecule has 0 radical (unpaired) electrons. The zero-order valence-electron chi connectivity index (χ0n) is 9.54. The molecule has 1 N–H and O–H groups in total. The van der Waals surface area contributed by atoms with E-state index in [0.29, 0.717) is 30.3 Å². The molecule has 0 spiro atoms. The molecule has 1 aromatic heterocycles. The number of halogens is 1. The predicted octanol–water partition coefficient (Wildman–Crippen LogP) is 0.596. The maximum atomic E-state index is 10.5. The molecule has 1 aliphatic rings. The van der Waals surface area contributed by atoms with Crippen LogP contribution in [-0.4, -0.2) is 46.2 Å². The van der Waals surface area contributed by atoms with Crippen LogP contribution < -0.4 is 5.32 Å². The molecular formula is C8H11ClN6O2S.